The van der Waals surface area contributed by atoms with Crippen molar-refractivity contribution >= 4 is 34.1 Å². The first kappa shape index (κ1) is 12.9. The number of aromatic nitrogens is 3. The first-order chi connectivity index (χ1) is 10.7. The third-order valence-electron chi connectivity index (χ3n) is 3.87. The molecular weight excluding hydrogens is 276 g/mol. The minimum atomic E-state index is 0.454. The molecule has 0 unspecified atom stereocenters. The zero-order valence-electron chi connectivity index (χ0n) is 12.5. The van der Waals surface area contributed by atoms with E-state index in [9.17, 15) is 0 Å². The predicted octanol–water partition coefficient (Wildman–Crippen LogP) is 4.02. The van der Waals surface area contributed by atoms with Crippen molar-refractivity contribution in [1.29, 1.82) is 0 Å². The zero-order valence-corrected chi connectivity index (χ0v) is 12.5. The number of imidazole rings is 1. The van der Waals surface area contributed by atoms with E-state index >= 15 is 0 Å². The summed E-state index contributed by atoms with van der Waals surface area (Å²) in [4.78, 5) is 9.06. The van der Waals surface area contributed by atoms with Gasteiger partial charge in [0, 0.05) is 7.05 Å². The highest BCUT2D eigenvalue weighted by Crippen LogP contribution is 2.24. The molecule has 2 heterocycles. The van der Waals surface area contributed by atoms with Crippen molar-refractivity contribution in [2.24, 2.45) is 7.05 Å². The SMILES string of the molecule is CCc1ccc2c(c1)nc(Nc1nc3ccccc3o1)n2C. The highest BCUT2D eigenvalue weighted by Gasteiger charge is 2.11. The van der Waals surface area contributed by atoms with Crippen LogP contribution in [-0.4, -0.2) is 14.5 Å². The van der Waals surface area contributed by atoms with Gasteiger partial charge in [0.25, 0.3) is 0 Å². The molecule has 0 amide bonds. The third kappa shape index (κ3) is 2.02. The quantitative estimate of drug-likeness (QED) is 0.619. The van der Waals surface area contributed by atoms with E-state index in [1.807, 2.05) is 35.9 Å². The standard InChI is InChI=1S/C17H16N4O/c1-3-11-8-9-14-13(10-11)18-16(21(14)2)20-17-19-12-6-4-5-7-15(12)22-17/h4-10H,3H2,1-2H3,(H,18,19,20). The fourth-order valence-electron chi connectivity index (χ4n) is 2.60. The van der Waals surface area contributed by atoms with E-state index < -0.39 is 0 Å². The lowest BCUT2D eigenvalue weighted by Gasteiger charge is -2.01. The topological polar surface area (TPSA) is 55.9 Å². The van der Waals surface area contributed by atoms with Crippen LogP contribution >= 0.6 is 0 Å². The molecule has 0 fully saturated rings. The number of para-hydroxylation sites is 2. The van der Waals surface area contributed by atoms with Gasteiger partial charge in [-0.25, -0.2) is 4.98 Å². The maximum atomic E-state index is 5.69. The fourth-order valence-corrected chi connectivity index (χ4v) is 2.60. The van der Waals surface area contributed by atoms with Crippen LogP contribution in [0.15, 0.2) is 46.9 Å². The van der Waals surface area contributed by atoms with Crippen molar-refractivity contribution in [2.75, 3.05) is 5.32 Å². The number of hydrogen-bond donors (Lipinski definition) is 1. The van der Waals surface area contributed by atoms with Gasteiger partial charge >= 0.3 is 6.01 Å². The van der Waals surface area contributed by atoms with Crippen LogP contribution in [0.4, 0.5) is 12.0 Å². The Morgan fingerprint density at radius 2 is 1.95 bits per heavy atom. The lowest BCUT2D eigenvalue weighted by molar-refractivity contribution is 0.621. The van der Waals surface area contributed by atoms with Crippen LogP contribution in [0, 0.1) is 0 Å². The molecule has 110 valence electrons. The van der Waals surface area contributed by atoms with E-state index in [0.29, 0.717) is 6.01 Å². The number of anilines is 2. The second-order valence-corrected chi connectivity index (χ2v) is 5.28. The lowest BCUT2D eigenvalue weighted by atomic mass is 10.1. The molecule has 0 radical (unpaired) electrons. The number of nitrogens with zero attached hydrogens (tertiary/aromatic N) is 3. The highest BCUT2D eigenvalue weighted by molar-refractivity contribution is 5.80. The van der Waals surface area contributed by atoms with Crippen molar-refractivity contribution in [2.45, 2.75) is 13.3 Å². The number of oxazole rings is 1. The Morgan fingerprint density at radius 3 is 2.77 bits per heavy atom. The van der Waals surface area contributed by atoms with Crippen molar-refractivity contribution in [1.82, 2.24) is 14.5 Å². The molecule has 22 heavy (non-hydrogen) atoms. The Labute approximate surface area is 127 Å². The van der Waals surface area contributed by atoms with Gasteiger partial charge in [-0.2, -0.15) is 4.98 Å². The van der Waals surface area contributed by atoms with Gasteiger partial charge in [0.1, 0.15) is 5.52 Å². The van der Waals surface area contributed by atoms with Crippen LogP contribution < -0.4 is 5.32 Å². The number of aryl methyl sites for hydroxylation is 2. The second kappa shape index (κ2) is 4.87. The van der Waals surface area contributed by atoms with Crippen molar-refractivity contribution < 1.29 is 4.42 Å². The average molecular weight is 292 g/mol. The molecular formula is C17H16N4O. The van der Waals surface area contributed by atoms with E-state index in [1.165, 1.54) is 5.56 Å². The maximum absolute atomic E-state index is 5.69. The minimum absolute atomic E-state index is 0.454. The third-order valence-corrected chi connectivity index (χ3v) is 3.87. The summed E-state index contributed by atoms with van der Waals surface area (Å²) < 4.78 is 7.70. The molecule has 2 aromatic heterocycles. The molecule has 0 atom stereocenters. The Kier molecular flexibility index (Phi) is 2.85. The molecule has 0 aliphatic rings. The summed E-state index contributed by atoms with van der Waals surface area (Å²) >= 11 is 0. The monoisotopic (exact) mass is 292 g/mol. The Balaban J connectivity index is 1.75. The summed E-state index contributed by atoms with van der Waals surface area (Å²) in [6.45, 7) is 2.14. The van der Waals surface area contributed by atoms with Gasteiger partial charge in [-0.05, 0) is 36.2 Å². The van der Waals surface area contributed by atoms with Gasteiger partial charge in [0.15, 0.2) is 5.58 Å². The van der Waals surface area contributed by atoms with Crippen LogP contribution in [0.2, 0.25) is 0 Å². The number of fused-ring (bicyclic) bond motifs is 2. The molecule has 1 N–H and O–H groups in total. The zero-order chi connectivity index (χ0) is 15.1. The van der Waals surface area contributed by atoms with Gasteiger partial charge in [0.2, 0.25) is 5.95 Å². The van der Waals surface area contributed by atoms with E-state index in [2.05, 4.69) is 40.4 Å². The van der Waals surface area contributed by atoms with Crippen LogP contribution in [0.1, 0.15) is 12.5 Å². The molecule has 0 saturated carbocycles. The van der Waals surface area contributed by atoms with Crippen LogP contribution in [-0.2, 0) is 13.5 Å². The minimum Gasteiger partial charge on any atom is -0.423 e. The van der Waals surface area contributed by atoms with E-state index in [4.69, 9.17) is 4.42 Å². The second-order valence-electron chi connectivity index (χ2n) is 5.28. The summed E-state index contributed by atoms with van der Waals surface area (Å²) in [5.41, 5.74) is 4.92. The summed E-state index contributed by atoms with van der Waals surface area (Å²) in [6, 6.07) is 14.5. The van der Waals surface area contributed by atoms with Gasteiger partial charge in [-0.3, -0.25) is 5.32 Å². The molecule has 0 spiro atoms. The first-order valence-electron chi connectivity index (χ1n) is 7.32. The summed E-state index contributed by atoms with van der Waals surface area (Å²) in [5, 5.41) is 3.16. The Bertz CT molecular complexity index is 934. The van der Waals surface area contributed by atoms with Crippen molar-refractivity contribution in [3.63, 3.8) is 0 Å². The molecule has 0 bridgehead atoms. The van der Waals surface area contributed by atoms with Crippen LogP contribution in [0.5, 0.6) is 0 Å². The van der Waals surface area contributed by atoms with Gasteiger partial charge in [-0.15, -0.1) is 0 Å². The van der Waals surface area contributed by atoms with Crippen LogP contribution in [0.3, 0.4) is 0 Å². The van der Waals surface area contributed by atoms with Crippen molar-refractivity contribution in [3.8, 4) is 0 Å². The molecule has 0 aliphatic carbocycles. The Hall–Kier alpha value is -2.82. The molecule has 0 saturated heterocycles. The number of nitrogens with one attached hydrogen (secondary N) is 1. The molecule has 0 aliphatic heterocycles. The van der Waals surface area contributed by atoms with Gasteiger partial charge in [-0.1, -0.05) is 25.1 Å². The Morgan fingerprint density at radius 1 is 1.09 bits per heavy atom. The van der Waals surface area contributed by atoms with Crippen LogP contribution in [0.25, 0.3) is 22.1 Å². The van der Waals surface area contributed by atoms with E-state index in [0.717, 1.165) is 34.5 Å². The number of hydrogen-bond acceptors (Lipinski definition) is 4. The first-order valence-corrected chi connectivity index (χ1v) is 7.32. The fraction of sp³-hybridized carbons (Fsp3) is 0.176. The van der Waals surface area contributed by atoms with Crippen molar-refractivity contribution in [3.05, 3.63) is 48.0 Å². The predicted molar refractivity (Wildman–Crippen MR) is 87.4 cm³/mol. The molecule has 5 heteroatoms. The molecule has 5 nitrogen and oxygen atoms in total. The maximum Gasteiger partial charge on any atom is 0.302 e. The highest BCUT2D eigenvalue weighted by atomic mass is 16.4. The van der Waals surface area contributed by atoms with Gasteiger partial charge < -0.3 is 8.98 Å². The van der Waals surface area contributed by atoms with E-state index in [1.54, 1.807) is 0 Å². The number of rotatable bonds is 3. The van der Waals surface area contributed by atoms with Gasteiger partial charge in [0.05, 0.1) is 11.0 Å². The normalized spacial score (nSPS) is 11.4. The number of benzene rings is 2. The largest absolute Gasteiger partial charge is 0.423 e. The smallest absolute Gasteiger partial charge is 0.302 e. The summed E-state index contributed by atoms with van der Waals surface area (Å²) in [5.74, 6) is 0.717. The molecule has 2 aromatic carbocycles. The molecule has 4 aromatic rings. The summed E-state index contributed by atoms with van der Waals surface area (Å²) in [6.07, 6.45) is 1.00. The van der Waals surface area contributed by atoms with E-state index in [-0.39, 0.29) is 0 Å². The lowest BCUT2D eigenvalue weighted by Crippen LogP contribution is -1.98. The average Bonchev–Trinajstić information content (AvgIpc) is 3.08. The molecule has 4 rings (SSSR count). The summed E-state index contributed by atoms with van der Waals surface area (Å²) in [7, 11) is 1.98.